The molecule has 0 saturated heterocycles. The summed E-state index contributed by atoms with van der Waals surface area (Å²) in [5, 5.41) is 1.22. The van der Waals surface area contributed by atoms with Crippen LogP contribution >= 0.6 is 11.3 Å². The Kier molecular flexibility index (Phi) is 4.50. The van der Waals surface area contributed by atoms with Gasteiger partial charge in [0.25, 0.3) is 0 Å². The topological polar surface area (TPSA) is 38.9 Å². The fourth-order valence-corrected chi connectivity index (χ4v) is 3.11. The number of hydrogen-bond donors (Lipinski definition) is 1. The Morgan fingerprint density at radius 3 is 2.44 bits per heavy atom. The van der Waals surface area contributed by atoms with E-state index in [-0.39, 0.29) is 0 Å². The highest BCUT2D eigenvalue weighted by Crippen LogP contribution is 2.21. The van der Waals surface area contributed by atoms with Gasteiger partial charge < -0.3 is 5.73 Å². The number of nitrogens with zero attached hydrogens (tertiary/aromatic N) is 1. The average Bonchev–Trinajstić information content (AvgIpc) is 2.69. The molecular formula is C15H20N2S. The van der Waals surface area contributed by atoms with E-state index in [0.717, 1.165) is 18.5 Å². The van der Waals surface area contributed by atoms with Crippen LogP contribution in [-0.4, -0.2) is 11.5 Å². The van der Waals surface area contributed by atoms with Gasteiger partial charge in [0.15, 0.2) is 0 Å². The summed E-state index contributed by atoms with van der Waals surface area (Å²) < 4.78 is 0. The Morgan fingerprint density at radius 2 is 1.89 bits per heavy atom. The third-order valence-electron chi connectivity index (χ3n) is 3.24. The lowest BCUT2D eigenvalue weighted by Gasteiger charge is -2.13. The molecule has 0 aliphatic rings. The summed E-state index contributed by atoms with van der Waals surface area (Å²) in [6.45, 7) is 4.92. The maximum Gasteiger partial charge on any atom is 0.0934 e. The maximum absolute atomic E-state index is 5.89. The number of rotatable bonds is 5. The van der Waals surface area contributed by atoms with E-state index in [9.17, 15) is 0 Å². The van der Waals surface area contributed by atoms with Crippen molar-refractivity contribution in [1.29, 1.82) is 0 Å². The Morgan fingerprint density at radius 1 is 1.17 bits per heavy atom. The molecule has 0 aliphatic heterocycles. The molecule has 1 aromatic carbocycles. The fraction of sp³-hybridized carbons (Fsp3) is 0.400. The van der Waals surface area contributed by atoms with Crippen LogP contribution in [0.5, 0.6) is 0 Å². The summed E-state index contributed by atoms with van der Waals surface area (Å²) in [6.07, 6.45) is 2.03. The third-order valence-corrected chi connectivity index (χ3v) is 4.33. The second-order valence-corrected chi connectivity index (χ2v) is 6.03. The lowest BCUT2D eigenvalue weighted by atomic mass is 9.97. The van der Waals surface area contributed by atoms with Gasteiger partial charge in [-0.25, -0.2) is 4.98 Å². The summed E-state index contributed by atoms with van der Waals surface area (Å²) in [5.41, 5.74) is 8.41. The standard InChI is InChI=1S/C15H20N2S/c1-11-12(2)18-15(17-11)9-14(10-16)8-13-6-4-3-5-7-13/h3-7,14H,8-10,16H2,1-2H3. The molecule has 0 amide bonds. The SMILES string of the molecule is Cc1nc(CC(CN)Cc2ccccc2)sc1C. The summed E-state index contributed by atoms with van der Waals surface area (Å²) in [6, 6.07) is 10.6. The maximum atomic E-state index is 5.89. The van der Waals surface area contributed by atoms with Gasteiger partial charge in [0.1, 0.15) is 0 Å². The van der Waals surface area contributed by atoms with Crippen LogP contribution in [0.25, 0.3) is 0 Å². The zero-order chi connectivity index (χ0) is 13.0. The van der Waals surface area contributed by atoms with Crippen molar-refractivity contribution >= 4 is 11.3 Å². The van der Waals surface area contributed by atoms with E-state index in [4.69, 9.17) is 5.73 Å². The first-order valence-corrected chi connectivity index (χ1v) is 7.17. The molecule has 1 aromatic heterocycles. The van der Waals surface area contributed by atoms with Crippen LogP contribution in [0, 0.1) is 19.8 Å². The van der Waals surface area contributed by atoms with Crippen molar-refractivity contribution in [3.63, 3.8) is 0 Å². The van der Waals surface area contributed by atoms with Gasteiger partial charge in [0.05, 0.1) is 10.7 Å². The number of benzene rings is 1. The van der Waals surface area contributed by atoms with Gasteiger partial charge in [-0.3, -0.25) is 0 Å². The molecule has 0 bridgehead atoms. The second-order valence-electron chi connectivity index (χ2n) is 4.74. The predicted molar refractivity (Wildman–Crippen MR) is 78.0 cm³/mol. The van der Waals surface area contributed by atoms with Gasteiger partial charge in [-0.15, -0.1) is 11.3 Å². The number of thiazole rings is 1. The van der Waals surface area contributed by atoms with E-state index < -0.39 is 0 Å². The van der Waals surface area contributed by atoms with E-state index in [1.807, 2.05) is 0 Å². The number of aromatic nitrogens is 1. The highest BCUT2D eigenvalue weighted by Gasteiger charge is 2.12. The zero-order valence-electron chi connectivity index (χ0n) is 11.0. The van der Waals surface area contributed by atoms with Crippen LogP contribution < -0.4 is 5.73 Å². The van der Waals surface area contributed by atoms with Crippen molar-refractivity contribution in [2.75, 3.05) is 6.54 Å². The number of aryl methyl sites for hydroxylation is 2. The Balaban J connectivity index is 2.01. The number of nitrogens with two attached hydrogens (primary N) is 1. The summed E-state index contributed by atoms with van der Waals surface area (Å²) in [7, 11) is 0. The Labute approximate surface area is 113 Å². The molecular weight excluding hydrogens is 240 g/mol. The lowest BCUT2D eigenvalue weighted by Crippen LogP contribution is -2.19. The fourth-order valence-electron chi connectivity index (χ4n) is 2.06. The minimum Gasteiger partial charge on any atom is -0.330 e. The zero-order valence-corrected chi connectivity index (χ0v) is 11.8. The summed E-state index contributed by atoms with van der Waals surface area (Å²) in [5.74, 6) is 0.484. The van der Waals surface area contributed by atoms with E-state index >= 15 is 0 Å². The van der Waals surface area contributed by atoms with Gasteiger partial charge in [-0.1, -0.05) is 30.3 Å². The normalized spacial score (nSPS) is 12.6. The molecule has 3 heteroatoms. The molecule has 0 fully saturated rings. The third kappa shape index (κ3) is 3.40. The van der Waals surface area contributed by atoms with E-state index in [0.29, 0.717) is 12.5 Å². The van der Waals surface area contributed by atoms with Gasteiger partial charge in [-0.05, 0) is 38.3 Å². The first kappa shape index (κ1) is 13.2. The van der Waals surface area contributed by atoms with Gasteiger partial charge >= 0.3 is 0 Å². The van der Waals surface area contributed by atoms with Crippen LogP contribution in [0.15, 0.2) is 30.3 Å². The van der Waals surface area contributed by atoms with Crippen LogP contribution in [0.4, 0.5) is 0 Å². The summed E-state index contributed by atoms with van der Waals surface area (Å²) in [4.78, 5) is 5.92. The van der Waals surface area contributed by atoms with Gasteiger partial charge in [-0.2, -0.15) is 0 Å². The van der Waals surface area contributed by atoms with Gasteiger partial charge in [0.2, 0.25) is 0 Å². The molecule has 18 heavy (non-hydrogen) atoms. The second kappa shape index (κ2) is 6.12. The van der Waals surface area contributed by atoms with Gasteiger partial charge in [0, 0.05) is 11.3 Å². The first-order chi connectivity index (χ1) is 8.69. The molecule has 2 aromatic rings. The van der Waals surface area contributed by atoms with Crippen LogP contribution in [0.3, 0.4) is 0 Å². The first-order valence-electron chi connectivity index (χ1n) is 6.36. The highest BCUT2D eigenvalue weighted by molar-refractivity contribution is 7.11. The van der Waals surface area contributed by atoms with Crippen molar-refractivity contribution in [3.05, 3.63) is 51.5 Å². The molecule has 1 heterocycles. The molecule has 0 radical (unpaired) electrons. The highest BCUT2D eigenvalue weighted by atomic mass is 32.1. The Bertz CT molecular complexity index is 471. The molecule has 1 unspecified atom stereocenters. The van der Waals surface area contributed by atoms with Crippen molar-refractivity contribution < 1.29 is 0 Å². The Hall–Kier alpha value is -1.19. The molecule has 2 rings (SSSR count). The van der Waals surface area contributed by atoms with Crippen LogP contribution in [-0.2, 0) is 12.8 Å². The lowest BCUT2D eigenvalue weighted by molar-refractivity contribution is 0.532. The quantitative estimate of drug-likeness (QED) is 0.897. The minimum absolute atomic E-state index is 0.484. The smallest absolute Gasteiger partial charge is 0.0934 e. The van der Waals surface area contributed by atoms with Crippen LogP contribution in [0.2, 0.25) is 0 Å². The van der Waals surface area contributed by atoms with Crippen LogP contribution in [0.1, 0.15) is 21.1 Å². The molecule has 0 spiro atoms. The predicted octanol–water partition coefficient (Wildman–Crippen LogP) is 3.12. The summed E-state index contributed by atoms with van der Waals surface area (Å²) >= 11 is 1.80. The van der Waals surface area contributed by atoms with Crippen molar-refractivity contribution in [1.82, 2.24) is 4.98 Å². The number of hydrogen-bond acceptors (Lipinski definition) is 3. The largest absolute Gasteiger partial charge is 0.330 e. The minimum atomic E-state index is 0.484. The van der Waals surface area contributed by atoms with E-state index in [1.165, 1.54) is 15.4 Å². The van der Waals surface area contributed by atoms with E-state index in [2.05, 4.69) is 49.2 Å². The molecule has 96 valence electrons. The van der Waals surface area contributed by atoms with Crippen molar-refractivity contribution in [3.8, 4) is 0 Å². The van der Waals surface area contributed by atoms with Crippen molar-refractivity contribution in [2.24, 2.45) is 11.7 Å². The molecule has 1 atom stereocenters. The molecule has 2 nitrogen and oxygen atoms in total. The molecule has 2 N–H and O–H groups in total. The average molecular weight is 260 g/mol. The van der Waals surface area contributed by atoms with E-state index in [1.54, 1.807) is 11.3 Å². The monoisotopic (exact) mass is 260 g/mol. The van der Waals surface area contributed by atoms with Crippen molar-refractivity contribution in [2.45, 2.75) is 26.7 Å². The molecule has 0 aliphatic carbocycles. The molecule has 0 saturated carbocycles.